The summed E-state index contributed by atoms with van der Waals surface area (Å²) in [6, 6.07) is 5.45. The lowest BCUT2D eigenvalue weighted by Gasteiger charge is -1.95. The van der Waals surface area contributed by atoms with E-state index in [1.807, 2.05) is 12.1 Å². The molecule has 0 fully saturated rings. The Morgan fingerprint density at radius 2 is 2.31 bits per heavy atom. The number of nitrogens with zero attached hydrogens (tertiary/aromatic N) is 2. The summed E-state index contributed by atoms with van der Waals surface area (Å²) in [7, 11) is 1.81. The minimum absolute atomic E-state index is 0.0205. The molecule has 2 aromatic rings. The van der Waals surface area contributed by atoms with Crippen molar-refractivity contribution in [1.29, 1.82) is 0 Å². The van der Waals surface area contributed by atoms with Gasteiger partial charge in [0.2, 0.25) is 0 Å². The molecule has 0 atom stereocenters. The predicted molar refractivity (Wildman–Crippen MR) is 51.6 cm³/mol. The Labute approximate surface area is 80.5 Å². The van der Waals surface area contributed by atoms with Crippen LogP contribution in [0, 0.1) is 0 Å². The molecule has 1 aromatic heterocycles. The van der Waals surface area contributed by atoms with Crippen LogP contribution in [-0.2, 0) is 13.7 Å². The van der Waals surface area contributed by atoms with E-state index in [9.17, 15) is 0 Å². The number of aryl methyl sites for hydroxylation is 1. The van der Waals surface area contributed by atoms with E-state index in [0.29, 0.717) is 5.02 Å². The molecule has 0 aliphatic rings. The second-order valence-corrected chi connectivity index (χ2v) is 3.33. The third kappa shape index (κ3) is 1.30. The zero-order valence-corrected chi connectivity index (χ0v) is 7.91. The van der Waals surface area contributed by atoms with Crippen molar-refractivity contribution in [2.45, 2.75) is 6.61 Å². The fourth-order valence-electron chi connectivity index (χ4n) is 1.41. The number of rotatable bonds is 1. The van der Waals surface area contributed by atoms with Crippen molar-refractivity contribution in [3.63, 3.8) is 0 Å². The molecule has 0 saturated carbocycles. The van der Waals surface area contributed by atoms with Crippen molar-refractivity contribution in [3.05, 3.63) is 28.9 Å². The second kappa shape index (κ2) is 3.01. The van der Waals surface area contributed by atoms with Crippen molar-refractivity contribution >= 4 is 22.5 Å². The largest absolute Gasteiger partial charge is 0.390 e. The average Bonchev–Trinajstić information content (AvgIpc) is 2.40. The van der Waals surface area contributed by atoms with E-state index in [0.717, 1.165) is 16.6 Å². The van der Waals surface area contributed by atoms with Gasteiger partial charge in [-0.3, -0.25) is 4.68 Å². The molecule has 2 rings (SSSR count). The minimum atomic E-state index is -0.0205. The zero-order chi connectivity index (χ0) is 9.42. The summed E-state index contributed by atoms with van der Waals surface area (Å²) in [6.07, 6.45) is 0. The van der Waals surface area contributed by atoms with Crippen LogP contribution >= 0.6 is 11.6 Å². The maximum atomic E-state index is 9.09. The highest BCUT2D eigenvalue weighted by Crippen LogP contribution is 2.21. The molecule has 68 valence electrons. The van der Waals surface area contributed by atoms with Gasteiger partial charge in [0.15, 0.2) is 0 Å². The maximum Gasteiger partial charge on any atom is 0.0928 e. The minimum Gasteiger partial charge on any atom is -0.390 e. The molecule has 0 amide bonds. The summed E-state index contributed by atoms with van der Waals surface area (Å²) in [5.41, 5.74) is 1.65. The predicted octanol–water partition coefficient (Wildman–Crippen LogP) is 1.72. The Bertz CT molecular complexity index is 450. The number of hydrogen-bond acceptors (Lipinski definition) is 2. The Morgan fingerprint density at radius 1 is 1.54 bits per heavy atom. The highest BCUT2D eigenvalue weighted by Gasteiger charge is 2.07. The van der Waals surface area contributed by atoms with Crippen LogP contribution in [0.4, 0.5) is 0 Å². The van der Waals surface area contributed by atoms with Crippen molar-refractivity contribution in [1.82, 2.24) is 9.78 Å². The van der Waals surface area contributed by atoms with Gasteiger partial charge in [0.25, 0.3) is 0 Å². The third-order valence-corrected chi connectivity index (χ3v) is 2.30. The highest BCUT2D eigenvalue weighted by molar-refractivity contribution is 6.31. The summed E-state index contributed by atoms with van der Waals surface area (Å²) >= 11 is 5.84. The lowest BCUT2D eigenvalue weighted by Crippen LogP contribution is -1.96. The average molecular weight is 197 g/mol. The first-order valence-electron chi connectivity index (χ1n) is 3.94. The lowest BCUT2D eigenvalue weighted by atomic mass is 10.2. The number of aliphatic hydroxyl groups excluding tert-OH is 1. The zero-order valence-electron chi connectivity index (χ0n) is 7.16. The molecule has 0 spiro atoms. The second-order valence-electron chi connectivity index (χ2n) is 2.89. The molecule has 0 saturated heterocycles. The van der Waals surface area contributed by atoms with Crippen LogP contribution in [0.2, 0.25) is 5.02 Å². The first kappa shape index (κ1) is 8.53. The number of benzene rings is 1. The van der Waals surface area contributed by atoms with Crippen LogP contribution in [0.3, 0.4) is 0 Å². The van der Waals surface area contributed by atoms with Crippen LogP contribution in [0.5, 0.6) is 0 Å². The van der Waals surface area contributed by atoms with Gasteiger partial charge in [-0.1, -0.05) is 11.6 Å². The summed E-state index contributed by atoms with van der Waals surface area (Å²) in [5.74, 6) is 0. The van der Waals surface area contributed by atoms with E-state index >= 15 is 0 Å². The molecular weight excluding hydrogens is 188 g/mol. The fraction of sp³-hybridized carbons (Fsp3) is 0.222. The molecule has 1 aromatic carbocycles. The van der Waals surface area contributed by atoms with Crippen LogP contribution in [0.25, 0.3) is 10.9 Å². The maximum absolute atomic E-state index is 9.09. The first-order valence-corrected chi connectivity index (χ1v) is 4.32. The van der Waals surface area contributed by atoms with Crippen molar-refractivity contribution in [2.24, 2.45) is 7.05 Å². The van der Waals surface area contributed by atoms with Gasteiger partial charge in [0.05, 0.1) is 17.8 Å². The molecule has 4 heteroatoms. The third-order valence-electron chi connectivity index (χ3n) is 2.07. The Balaban J connectivity index is 2.80. The van der Waals surface area contributed by atoms with Gasteiger partial charge in [-0.15, -0.1) is 0 Å². The molecule has 0 radical (unpaired) electrons. The van der Waals surface area contributed by atoms with Crippen LogP contribution < -0.4 is 0 Å². The Morgan fingerprint density at radius 3 is 3.00 bits per heavy atom. The van der Waals surface area contributed by atoms with Gasteiger partial charge in [-0.05, 0) is 18.2 Å². The van der Waals surface area contributed by atoms with Gasteiger partial charge in [0.1, 0.15) is 0 Å². The number of hydrogen-bond donors (Lipinski definition) is 1. The van der Waals surface area contributed by atoms with Crippen molar-refractivity contribution < 1.29 is 5.11 Å². The Hall–Kier alpha value is -1.06. The van der Waals surface area contributed by atoms with E-state index in [2.05, 4.69) is 5.10 Å². The molecule has 0 aliphatic heterocycles. The molecule has 1 N–H and O–H groups in total. The normalized spacial score (nSPS) is 11.0. The van der Waals surface area contributed by atoms with Gasteiger partial charge < -0.3 is 5.11 Å². The lowest BCUT2D eigenvalue weighted by molar-refractivity contribution is 0.272. The van der Waals surface area contributed by atoms with E-state index in [-0.39, 0.29) is 6.61 Å². The summed E-state index contributed by atoms with van der Waals surface area (Å²) in [5, 5.41) is 14.9. The molecule has 0 unspecified atom stereocenters. The van der Waals surface area contributed by atoms with Crippen molar-refractivity contribution in [2.75, 3.05) is 0 Å². The van der Waals surface area contributed by atoms with E-state index in [1.54, 1.807) is 17.8 Å². The van der Waals surface area contributed by atoms with Gasteiger partial charge >= 0.3 is 0 Å². The molecule has 3 nitrogen and oxygen atoms in total. The van der Waals surface area contributed by atoms with E-state index in [4.69, 9.17) is 16.7 Å². The molecule has 1 heterocycles. The quantitative estimate of drug-likeness (QED) is 0.754. The fourth-order valence-corrected chi connectivity index (χ4v) is 1.58. The van der Waals surface area contributed by atoms with Crippen LogP contribution in [0.1, 0.15) is 5.69 Å². The number of aliphatic hydroxyl groups is 1. The monoisotopic (exact) mass is 196 g/mol. The summed E-state index contributed by atoms with van der Waals surface area (Å²) in [6.45, 7) is -0.0205. The smallest absolute Gasteiger partial charge is 0.0928 e. The Kier molecular flexibility index (Phi) is 1.98. The van der Waals surface area contributed by atoms with Gasteiger partial charge in [-0.2, -0.15) is 5.10 Å². The van der Waals surface area contributed by atoms with E-state index < -0.39 is 0 Å². The first-order chi connectivity index (χ1) is 6.22. The summed E-state index contributed by atoms with van der Waals surface area (Å²) in [4.78, 5) is 0. The molecule has 0 bridgehead atoms. The molecular formula is C9H9ClN2O. The van der Waals surface area contributed by atoms with Gasteiger partial charge in [-0.25, -0.2) is 0 Å². The van der Waals surface area contributed by atoms with Gasteiger partial charge in [0, 0.05) is 17.5 Å². The highest BCUT2D eigenvalue weighted by atomic mass is 35.5. The standard InChI is InChI=1S/C9H9ClN2O/c1-12-9(5-13)7-4-6(10)2-3-8(7)11-12/h2-4,13H,5H2,1H3. The van der Waals surface area contributed by atoms with Crippen LogP contribution in [-0.4, -0.2) is 14.9 Å². The molecule has 0 aliphatic carbocycles. The molecule has 13 heavy (non-hydrogen) atoms. The van der Waals surface area contributed by atoms with E-state index in [1.165, 1.54) is 0 Å². The number of halogens is 1. The van der Waals surface area contributed by atoms with Crippen molar-refractivity contribution in [3.8, 4) is 0 Å². The topological polar surface area (TPSA) is 38.0 Å². The SMILES string of the molecule is Cn1nc2ccc(Cl)cc2c1CO. The van der Waals surface area contributed by atoms with Crippen LogP contribution in [0.15, 0.2) is 18.2 Å². The number of aromatic nitrogens is 2. The number of fused-ring (bicyclic) bond motifs is 1. The summed E-state index contributed by atoms with van der Waals surface area (Å²) < 4.78 is 1.67.